The Morgan fingerprint density at radius 3 is 2.59 bits per heavy atom. The Balaban J connectivity index is 1.64. The van der Waals surface area contributed by atoms with E-state index < -0.39 is 17.7 Å². The molecule has 1 atom stereocenters. The molecule has 190 valence electrons. The lowest BCUT2D eigenvalue weighted by molar-refractivity contribution is -0.140. The number of fused-ring (bicyclic) bond motifs is 1. The maximum atomic E-state index is 13.4. The Morgan fingerprint density at radius 1 is 1.03 bits per heavy atom. The number of ketones is 1. The van der Waals surface area contributed by atoms with Gasteiger partial charge in [-0.3, -0.25) is 9.59 Å². The molecule has 2 aliphatic heterocycles. The van der Waals surface area contributed by atoms with Gasteiger partial charge in [-0.05, 0) is 55.8 Å². The van der Waals surface area contributed by atoms with Gasteiger partial charge in [-0.15, -0.1) is 0 Å². The maximum Gasteiger partial charge on any atom is 0.295 e. The van der Waals surface area contributed by atoms with Gasteiger partial charge in [0.2, 0.25) is 6.79 Å². The van der Waals surface area contributed by atoms with E-state index in [-0.39, 0.29) is 30.8 Å². The number of amides is 1. The number of hydrogen-bond donors (Lipinski definition) is 1. The summed E-state index contributed by atoms with van der Waals surface area (Å²) in [6.45, 7) is 4.01. The Kier molecular flexibility index (Phi) is 6.48. The van der Waals surface area contributed by atoms with Crippen molar-refractivity contribution in [3.05, 3.63) is 89.0 Å². The van der Waals surface area contributed by atoms with Crippen LogP contribution in [0, 0.1) is 0 Å². The zero-order valence-electron chi connectivity index (χ0n) is 20.8. The first-order valence-corrected chi connectivity index (χ1v) is 11.9. The number of ether oxygens (including phenoxy) is 4. The molecule has 0 bridgehead atoms. The molecule has 8 heteroatoms. The van der Waals surface area contributed by atoms with Crippen molar-refractivity contribution in [2.75, 3.05) is 13.9 Å². The van der Waals surface area contributed by atoms with Crippen LogP contribution in [-0.4, -0.2) is 41.7 Å². The summed E-state index contributed by atoms with van der Waals surface area (Å²) in [5.41, 5.74) is 1.70. The fourth-order valence-corrected chi connectivity index (χ4v) is 4.64. The van der Waals surface area contributed by atoms with Crippen LogP contribution in [0.15, 0.2) is 72.3 Å². The van der Waals surface area contributed by atoms with Crippen molar-refractivity contribution in [3.8, 4) is 23.0 Å². The highest BCUT2D eigenvalue weighted by atomic mass is 16.7. The van der Waals surface area contributed by atoms with E-state index in [1.165, 1.54) is 4.90 Å². The Hall–Kier alpha value is -4.46. The second-order valence-electron chi connectivity index (χ2n) is 9.05. The van der Waals surface area contributed by atoms with Gasteiger partial charge in [-0.2, -0.15) is 0 Å². The first-order chi connectivity index (χ1) is 17.9. The number of carbonyl (C=O) groups is 2. The Morgan fingerprint density at radius 2 is 1.81 bits per heavy atom. The van der Waals surface area contributed by atoms with Crippen molar-refractivity contribution in [1.29, 1.82) is 0 Å². The van der Waals surface area contributed by atoms with Crippen LogP contribution in [0.2, 0.25) is 0 Å². The molecule has 0 spiro atoms. The first kappa shape index (κ1) is 24.2. The molecule has 1 fully saturated rings. The Bertz CT molecular complexity index is 1390. The normalized spacial score (nSPS) is 17.9. The van der Waals surface area contributed by atoms with E-state index >= 15 is 0 Å². The third kappa shape index (κ3) is 4.58. The second-order valence-corrected chi connectivity index (χ2v) is 9.05. The Labute approximate surface area is 214 Å². The van der Waals surface area contributed by atoms with Gasteiger partial charge in [-0.1, -0.05) is 30.3 Å². The van der Waals surface area contributed by atoms with Crippen LogP contribution < -0.4 is 18.9 Å². The second kappa shape index (κ2) is 9.89. The van der Waals surface area contributed by atoms with Crippen molar-refractivity contribution in [2.24, 2.45) is 0 Å². The SMILES string of the molecule is COc1ccccc1CN1C(=O)C(=O)/C(=C(\O)c2ccc3c(c2)OCO3)C1c1cccc(OC(C)C)c1. The molecule has 3 aromatic carbocycles. The summed E-state index contributed by atoms with van der Waals surface area (Å²) in [6.07, 6.45) is -0.0659. The van der Waals surface area contributed by atoms with Gasteiger partial charge in [0.05, 0.1) is 31.4 Å². The summed E-state index contributed by atoms with van der Waals surface area (Å²) in [5.74, 6) is 0.409. The number of Topliss-reactive ketones (excluding diaryl/α,β-unsaturated/α-hetero) is 1. The minimum atomic E-state index is -0.856. The van der Waals surface area contributed by atoms with Gasteiger partial charge in [0.1, 0.15) is 17.3 Å². The zero-order chi connectivity index (χ0) is 26.1. The molecule has 1 saturated heterocycles. The minimum absolute atomic E-state index is 0.0135. The molecule has 0 aromatic heterocycles. The van der Waals surface area contributed by atoms with Gasteiger partial charge < -0.3 is 29.0 Å². The van der Waals surface area contributed by atoms with Crippen molar-refractivity contribution >= 4 is 17.4 Å². The predicted molar refractivity (Wildman–Crippen MR) is 136 cm³/mol. The number of para-hydroxylation sites is 1. The highest BCUT2D eigenvalue weighted by Crippen LogP contribution is 2.43. The van der Waals surface area contributed by atoms with Crippen molar-refractivity contribution < 1.29 is 33.6 Å². The van der Waals surface area contributed by atoms with Crippen LogP contribution in [0.4, 0.5) is 0 Å². The third-order valence-corrected chi connectivity index (χ3v) is 6.26. The number of benzene rings is 3. The third-order valence-electron chi connectivity index (χ3n) is 6.26. The van der Waals surface area contributed by atoms with E-state index in [4.69, 9.17) is 18.9 Å². The zero-order valence-corrected chi connectivity index (χ0v) is 20.8. The molecule has 3 aromatic rings. The lowest BCUT2D eigenvalue weighted by atomic mass is 9.94. The van der Waals surface area contributed by atoms with Gasteiger partial charge in [-0.25, -0.2) is 0 Å². The average molecular weight is 502 g/mol. The van der Waals surface area contributed by atoms with Gasteiger partial charge in [0.25, 0.3) is 11.7 Å². The molecule has 1 amide bonds. The van der Waals surface area contributed by atoms with Crippen molar-refractivity contribution in [2.45, 2.75) is 32.5 Å². The number of hydrogen-bond acceptors (Lipinski definition) is 7. The van der Waals surface area contributed by atoms with E-state index in [0.29, 0.717) is 34.1 Å². The molecular weight excluding hydrogens is 474 g/mol. The lowest BCUT2D eigenvalue weighted by Gasteiger charge is -2.26. The summed E-state index contributed by atoms with van der Waals surface area (Å²) in [6, 6.07) is 18.6. The summed E-state index contributed by atoms with van der Waals surface area (Å²) >= 11 is 0. The van der Waals surface area contributed by atoms with E-state index in [0.717, 1.165) is 5.56 Å². The van der Waals surface area contributed by atoms with Crippen LogP contribution >= 0.6 is 0 Å². The van der Waals surface area contributed by atoms with Crippen LogP contribution in [0.5, 0.6) is 23.0 Å². The number of nitrogens with zero attached hydrogens (tertiary/aromatic N) is 1. The van der Waals surface area contributed by atoms with Gasteiger partial charge in [0, 0.05) is 11.1 Å². The fourth-order valence-electron chi connectivity index (χ4n) is 4.64. The summed E-state index contributed by atoms with van der Waals surface area (Å²) in [4.78, 5) is 28.3. The van der Waals surface area contributed by atoms with Gasteiger partial charge >= 0.3 is 0 Å². The molecule has 1 N–H and O–H groups in total. The molecule has 1 unspecified atom stereocenters. The number of aliphatic hydroxyl groups excluding tert-OH is 1. The quantitative estimate of drug-likeness (QED) is 0.281. The molecule has 0 aliphatic carbocycles. The molecule has 0 saturated carbocycles. The van der Waals surface area contributed by atoms with Gasteiger partial charge in [0.15, 0.2) is 11.5 Å². The van der Waals surface area contributed by atoms with Crippen LogP contribution in [0.25, 0.3) is 5.76 Å². The largest absolute Gasteiger partial charge is 0.507 e. The number of methoxy groups -OCH3 is 1. The molecule has 0 radical (unpaired) electrons. The van der Waals surface area contributed by atoms with E-state index in [2.05, 4.69) is 0 Å². The molecule has 2 aliphatic rings. The molecule has 8 nitrogen and oxygen atoms in total. The number of aliphatic hydroxyl groups is 1. The summed E-state index contributed by atoms with van der Waals surface area (Å²) < 4.78 is 22.2. The fraction of sp³-hybridized carbons (Fsp3) is 0.241. The predicted octanol–water partition coefficient (Wildman–Crippen LogP) is 4.83. The first-order valence-electron chi connectivity index (χ1n) is 11.9. The highest BCUT2D eigenvalue weighted by molar-refractivity contribution is 6.46. The average Bonchev–Trinajstić information content (AvgIpc) is 3.46. The maximum absolute atomic E-state index is 13.4. The minimum Gasteiger partial charge on any atom is -0.507 e. The van der Waals surface area contributed by atoms with Crippen LogP contribution in [0.3, 0.4) is 0 Å². The smallest absolute Gasteiger partial charge is 0.295 e. The summed E-state index contributed by atoms with van der Waals surface area (Å²) in [7, 11) is 1.55. The monoisotopic (exact) mass is 501 g/mol. The van der Waals surface area contributed by atoms with E-state index in [1.54, 1.807) is 43.5 Å². The summed E-state index contributed by atoms with van der Waals surface area (Å²) in [5, 5.41) is 11.4. The number of likely N-dealkylation sites (tertiary alicyclic amines) is 1. The standard InChI is InChI=1S/C29H27NO7/c1-17(2)37-21-9-6-8-18(13-21)26-25(27(31)19-11-12-23-24(14-19)36-16-35-23)28(32)29(33)30(26)15-20-7-4-5-10-22(20)34-3/h4-14,17,26,31H,15-16H2,1-3H3/b27-25-. The molecule has 5 rings (SSSR count). The number of rotatable bonds is 7. The molecular formula is C29H27NO7. The lowest BCUT2D eigenvalue weighted by Crippen LogP contribution is -2.29. The van der Waals surface area contributed by atoms with Crippen molar-refractivity contribution in [3.63, 3.8) is 0 Å². The van der Waals surface area contributed by atoms with Crippen molar-refractivity contribution in [1.82, 2.24) is 4.90 Å². The molecule has 2 heterocycles. The van der Waals surface area contributed by atoms with E-state index in [1.807, 2.05) is 44.2 Å². The van der Waals surface area contributed by atoms with E-state index in [9.17, 15) is 14.7 Å². The van der Waals surface area contributed by atoms with Crippen LogP contribution in [-0.2, 0) is 16.1 Å². The molecule has 37 heavy (non-hydrogen) atoms. The topological polar surface area (TPSA) is 94.5 Å². The number of carbonyl (C=O) groups excluding carboxylic acids is 2. The highest BCUT2D eigenvalue weighted by Gasteiger charge is 2.46. The van der Waals surface area contributed by atoms with Crippen LogP contribution in [0.1, 0.15) is 36.6 Å².